The molecule has 37 heavy (non-hydrogen) atoms. The van der Waals surface area contributed by atoms with E-state index in [1.165, 1.54) is 18.4 Å². The van der Waals surface area contributed by atoms with E-state index in [-0.39, 0.29) is 28.5 Å². The van der Waals surface area contributed by atoms with E-state index < -0.39 is 11.9 Å². The number of halogens is 2. The first kappa shape index (κ1) is 25.3. The molecule has 0 aliphatic carbocycles. The van der Waals surface area contributed by atoms with Crippen molar-refractivity contribution in [2.45, 2.75) is 19.4 Å². The predicted molar refractivity (Wildman–Crippen MR) is 137 cm³/mol. The van der Waals surface area contributed by atoms with Gasteiger partial charge in [0.05, 0.1) is 22.9 Å². The highest BCUT2D eigenvalue weighted by molar-refractivity contribution is 6.33. The first-order valence-corrected chi connectivity index (χ1v) is 12.8. The summed E-state index contributed by atoms with van der Waals surface area (Å²) in [6.07, 6.45) is 1.62. The number of carbonyl (C=O) groups is 2. The molecule has 2 amide bonds. The topological polar surface area (TPSA) is 75.0 Å². The Morgan fingerprint density at radius 2 is 1.81 bits per heavy atom. The van der Waals surface area contributed by atoms with Gasteiger partial charge in [0.1, 0.15) is 5.82 Å². The van der Waals surface area contributed by atoms with E-state index in [0.29, 0.717) is 31.3 Å². The van der Waals surface area contributed by atoms with Crippen LogP contribution in [0.4, 0.5) is 9.18 Å². The maximum Gasteiger partial charge on any atom is 0.415 e. The van der Waals surface area contributed by atoms with Gasteiger partial charge in [0, 0.05) is 38.3 Å². The van der Waals surface area contributed by atoms with Crippen molar-refractivity contribution in [1.29, 1.82) is 0 Å². The van der Waals surface area contributed by atoms with Crippen LogP contribution in [0.2, 0.25) is 5.02 Å². The number of aryl methyl sites for hydroxylation is 1. The molecule has 3 aromatic rings. The van der Waals surface area contributed by atoms with Crippen LogP contribution in [0.25, 0.3) is 0 Å². The largest absolute Gasteiger partial charge is 0.434 e. The second-order valence-corrected chi connectivity index (χ2v) is 10.2. The van der Waals surface area contributed by atoms with Crippen LogP contribution in [0.15, 0.2) is 65.3 Å². The fraction of sp³-hybridized carbons (Fsp3) is 0.357. The van der Waals surface area contributed by atoms with E-state index in [1.807, 2.05) is 37.3 Å². The van der Waals surface area contributed by atoms with Gasteiger partial charge >= 0.3 is 6.09 Å². The normalized spacial score (nSPS) is 20.0. The molecule has 0 radical (unpaired) electrons. The minimum atomic E-state index is -0.587. The van der Waals surface area contributed by atoms with Gasteiger partial charge in [-0.3, -0.25) is 4.79 Å². The highest BCUT2D eigenvalue weighted by Gasteiger charge is 2.42. The molecule has 194 valence electrons. The van der Waals surface area contributed by atoms with Crippen LogP contribution in [0.3, 0.4) is 0 Å². The molecule has 2 fully saturated rings. The number of likely N-dealkylation sites (tertiary alicyclic amines) is 2. The van der Waals surface area contributed by atoms with Gasteiger partial charge in [0.25, 0.3) is 11.9 Å². The molecule has 1 aromatic heterocycles. The van der Waals surface area contributed by atoms with Crippen LogP contribution >= 0.6 is 11.6 Å². The molecule has 2 aliphatic heterocycles. The lowest BCUT2D eigenvalue weighted by atomic mass is 10.0. The predicted octanol–water partition coefficient (Wildman–Crippen LogP) is 5.30. The quantitative estimate of drug-likeness (QED) is 0.453. The number of hydrogen-bond donors (Lipinski definition) is 1. The molecule has 3 atom stereocenters. The summed E-state index contributed by atoms with van der Waals surface area (Å²) in [5.41, 5.74) is 1.70. The molecule has 2 aromatic carbocycles. The van der Waals surface area contributed by atoms with Crippen molar-refractivity contribution in [3.8, 4) is 5.95 Å². The average molecular weight is 526 g/mol. The third-order valence-electron chi connectivity index (χ3n) is 7.25. The Morgan fingerprint density at radius 3 is 2.46 bits per heavy atom. The van der Waals surface area contributed by atoms with Crippen LogP contribution in [-0.2, 0) is 0 Å². The molecule has 9 heteroatoms. The number of rotatable bonds is 7. The smallest absolute Gasteiger partial charge is 0.415 e. The SMILES string of the molecule is Cc1ccoc1OC(=O)NC(CCN1CC2CN(C(=O)c3c(F)cccc3Cl)C[C@@H]2C1)c1ccccc1. The Hall–Kier alpha value is -3.36. The van der Waals surface area contributed by atoms with Crippen LogP contribution in [-0.4, -0.2) is 54.5 Å². The maximum atomic E-state index is 14.3. The second-order valence-electron chi connectivity index (χ2n) is 9.76. The Balaban J connectivity index is 1.17. The summed E-state index contributed by atoms with van der Waals surface area (Å²) in [5, 5.41) is 3.12. The van der Waals surface area contributed by atoms with Gasteiger partial charge < -0.3 is 24.3 Å². The van der Waals surface area contributed by atoms with Gasteiger partial charge in [-0.1, -0.05) is 48.0 Å². The number of nitrogens with zero attached hydrogens (tertiary/aromatic N) is 2. The van der Waals surface area contributed by atoms with Crippen molar-refractivity contribution in [3.05, 3.63) is 88.4 Å². The zero-order valence-corrected chi connectivity index (χ0v) is 21.3. The number of hydrogen-bond acceptors (Lipinski definition) is 5. The molecule has 2 saturated heterocycles. The van der Waals surface area contributed by atoms with E-state index in [2.05, 4.69) is 10.2 Å². The van der Waals surface area contributed by atoms with E-state index in [9.17, 15) is 14.0 Å². The van der Waals surface area contributed by atoms with Crippen molar-refractivity contribution in [3.63, 3.8) is 0 Å². The molecule has 0 bridgehead atoms. The summed E-state index contributed by atoms with van der Waals surface area (Å²) < 4.78 is 24.8. The number of furan rings is 1. The summed E-state index contributed by atoms with van der Waals surface area (Å²) in [6, 6.07) is 15.6. The summed E-state index contributed by atoms with van der Waals surface area (Å²) in [6.45, 7) is 5.44. The molecule has 5 rings (SSSR count). The van der Waals surface area contributed by atoms with Crippen molar-refractivity contribution >= 4 is 23.6 Å². The Labute approximate surface area is 220 Å². The molecule has 3 heterocycles. The number of ether oxygens (including phenoxy) is 1. The monoisotopic (exact) mass is 525 g/mol. The number of amides is 2. The average Bonchev–Trinajstić information content (AvgIpc) is 3.57. The van der Waals surface area contributed by atoms with Crippen molar-refractivity contribution in [2.75, 3.05) is 32.7 Å². The van der Waals surface area contributed by atoms with Crippen molar-refractivity contribution in [1.82, 2.24) is 15.1 Å². The van der Waals surface area contributed by atoms with E-state index >= 15 is 0 Å². The Bertz CT molecular complexity index is 1230. The highest BCUT2D eigenvalue weighted by atomic mass is 35.5. The zero-order valence-electron chi connectivity index (χ0n) is 20.5. The Kier molecular flexibility index (Phi) is 7.48. The van der Waals surface area contributed by atoms with Gasteiger partial charge in [-0.2, -0.15) is 0 Å². The van der Waals surface area contributed by atoms with E-state index in [4.69, 9.17) is 20.8 Å². The highest BCUT2D eigenvalue weighted by Crippen LogP contribution is 2.34. The van der Waals surface area contributed by atoms with Crippen LogP contribution in [0.1, 0.15) is 33.9 Å². The number of fused-ring (bicyclic) bond motifs is 1. The summed E-state index contributed by atoms with van der Waals surface area (Å²) in [5.74, 6) is -0.0967. The fourth-order valence-electron chi connectivity index (χ4n) is 5.34. The molecular weight excluding hydrogens is 497 g/mol. The van der Waals surface area contributed by atoms with Crippen molar-refractivity contribution < 1.29 is 23.1 Å². The van der Waals surface area contributed by atoms with E-state index in [1.54, 1.807) is 17.0 Å². The molecular formula is C28H29ClFN3O4. The first-order valence-electron chi connectivity index (χ1n) is 12.4. The fourth-order valence-corrected chi connectivity index (χ4v) is 5.58. The van der Waals surface area contributed by atoms with Crippen LogP contribution < -0.4 is 10.1 Å². The molecule has 7 nitrogen and oxygen atoms in total. The minimum Gasteiger partial charge on any atom is -0.434 e. The van der Waals surface area contributed by atoms with E-state index in [0.717, 1.165) is 30.8 Å². The molecule has 0 spiro atoms. The number of benzene rings is 2. The van der Waals surface area contributed by atoms with Gasteiger partial charge in [0.2, 0.25) is 0 Å². The maximum absolute atomic E-state index is 14.3. The van der Waals surface area contributed by atoms with Crippen LogP contribution in [0.5, 0.6) is 5.95 Å². The van der Waals surface area contributed by atoms with Crippen LogP contribution in [0, 0.1) is 24.6 Å². The van der Waals surface area contributed by atoms with Gasteiger partial charge in [0.15, 0.2) is 0 Å². The first-order chi connectivity index (χ1) is 17.9. The third-order valence-corrected chi connectivity index (χ3v) is 7.57. The van der Waals surface area contributed by atoms with Gasteiger partial charge in [-0.05, 0) is 48.9 Å². The molecule has 2 aliphatic rings. The van der Waals surface area contributed by atoms with Gasteiger partial charge in [-0.25, -0.2) is 9.18 Å². The minimum absolute atomic E-state index is 0.0469. The van der Waals surface area contributed by atoms with Crippen molar-refractivity contribution in [2.24, 2.45) is 11.8 Å². The summed E-state index contributed by atoms with van der Waals surface area (Å²) in [4.78, 5) is 29.6. The zero-order chi connectivity index (χ0) is 25.9. The summed E-state index contributed by atoms with van der Waals surface area (Å²) in [7, 11) is 0. The lowest BCUT2D eigenvalue weighted by Crippen LogP contribution is -2.36. The molecule has 1 N–H and O–H groups in total. The number of carbonyl (C=O) groups excluding carboxylic acids is 2. The lowest BCUT2D eigenvalue weighted by Gasteiger charge is -2.24. The Morgan fingerprint density at radius 1 is 1.08 bits per heavy atom. The molecule has 2 unspecified atom stereocenters. The third kappa shape index (κ3) is 5.65. The second kappa shape index (κ2) is 10.9. The molecule has 0 saturated carbocycles. The lowest BCUT2D eigenvalue weighted by molar-refractivity contribution is 0.0769. The summed E-state index contributed by atoms with van der Waals surface area (Å²) >= 11 is 6.11. The van der Waals surface area contributed by atoms with Gasteiger partial charge in [-0.15, -0.1) is 0 Å². The standard InChI is InChI=1S/C28H29ClFN3O4/c1-18-11-13-36-27(18)37-28(35)31-24(19-6-3-2-4-7-19)10-12-32-14-20-16-33(17-21(20)15-32)26(34)25-22(29)8-5-9-23(25)30/h2-9,11,13,20-21,24H,10,12,14-17H2,1H3,(H,31,35)/t20-,21?,24?/m0/s1. The number of nitrogens with one attached hydrogen (secondary N) is 1.